The van der Waals surface area contributed by atoms with Gasteiger partial charge in [0.15, 0.2) is 22.2 Å². The van der Waals surface area contributed by atoms with Gasteiger partial charge in [0.2, 0.25) is 5.91 Å². The molecule has 1 atom stereocenters. The Morgan fingerprint density at radius 2 is 2.08 bits per heavy atom. The van der Waals surface area contributed by atoms with Crippen LogP contribution in [0, 0.1) is 0 Å². The third kappa shape index (κ3) is 4.36. The number of carbonyl (C=O) groups excluding carboxylic acids is 3. The number of hydrogen-bond acceptors (Lipinski definition) is 6. The van der Waals surface area contributed by atoms with Crippen LogP contribution in [0.2, 0.25) is 0 Å². The normalized spacial score (nSPS) is 21.0. The number of amides is 2. The fraction of sp³-hybridized carbons (Fsp3) is 0.438. The summed E-state index contributed by atoms with van der Waals surface area (Å²) in [4.78, 5) is 35.4. The van der Waals surface area contributed by atoms with Gasteiger partial charge < -0.3 is 15.4 Å². The first-order valence-corrected chi connectivity index (χ1v) is 9.74. The molecule has 25 heavy (non-hydrogen) atoms. The fourth-order valence-corrected chi connectivity index (χ4v) is 4.51. The number of sulfone groups is 1. The first-order valence-electron chi connectivity index (χ1n) is 7.92. The van der Waals surface area contributed by atoms with E-state index in [0.29, 0.717) is 23.4 Å². The number of nitrogens with one attached hydrogen (secondary N) is 2. The van der Waals surface area contributed by atoms with Crippen LogP contribution in [0.1, 0.15) is 29.6 Å². The van der Waals surface area contributed by atoms with E-state index in [1.165, 1.54) is 6.07 Å². The zero-order chi connectivity index (χ0) is 18.0. The first kappa shape index (κ1) is 17.4. The number of rotatable bonds is 5. The molecule has 1 aromatic carbocycles. The molecule has 9 heteroatoms. The van der Waals surface area contributed by atoms with Crippen molar-refractivity contribution in [2.45, 2.75) is 25.3 Å². The summed E-state index contributed by atoms with van der Waals surface area (Å²) < 4.78 is 28.0. The van der Waals surface area contributed by atoms with Crippen LogP contribution in [0.5, 0.6) is 5.75 Å². The lowest BCUT2D eigenvalue weighted by atomic mass is 10.0. The summed E-state index contributed by atoms with van der Waals surface area (Å²) in [6, 6.07) is 4.34. The van der Waals surface area contributed by atoms with Crippen molar-refractivity contribution in [3.63, 3.8) is 0 Å². The molecular formula is C16H18N2O6S. The van der Waals surface area contributed by atoms with Crippen LogP contribution in [0.4, 0.5) is 5.69 Å². The summed E-state index contributed by atoms with van der Waals surface area (Å²) in [6.07, 6.45) is 0.390. The summed E-state index contributed by atoms with van der Waals surface area (Å²) >= 11 is 0. The molecule has 0 aromatic heterocycles. The molecule has 1 unspecified atom stereocenters. The molecule has 0 radical (unpaired) electrons. The summed E-state index contributed by atoms with van der Waals surface area (Å²) in [6.45, 7) is -0.0582. The molecule has 2 aliphatic rings. The van der Waals surface area contributed by atoms with E-state index in [0.717, 1.165) is 0 Å². The Morgan fingerprint density at radius 3 is 2.80 bits per heavy atom. The standard InChI is InChI=1S/C16H18N2O6S/c19-13(2-4-15(20)17-11-5-6-25(22,23)9-11)10-1-3-14-12(7-10)18-16(21)8-24-14/h1,3,7,11H,2,4-6,8-9H2,(H,17,20)(H,18,21). The molecule has 0 spiro atoms. The molecule has 1 aromatic rings. The van der Waals surface area contributed by atoms with E-state index in [1.807, 2.05) is 0 Å². The number of Topliss-reactive ketones (excluding diaryl/α,β-unsaturated/α-hetero) is 1. The molecular weight excluding hydrogens is 348 g/mol. The molecule has 2 heterocycles. The highest BCUT2D eigenvalue weighted by atomic mass is 32.2. The second kappa shape index (κ2) is 6.83. The average molecular weight is 366 g/mol. The van der Waals surface area contributed by atoms with E-state index in [9.17, 15) is 22.8 Å². The molecule has 2 amide bonds. The van der Waals surface area contributed by atoms with Crippen molar-refractivity contribution >= 4 is 33.1 Å². The summed E-state index contributed by atoms with van der Waals surface area (Å²) in [5.41, 5.74) is 0.809. The van der Waals surface area contributed by atoms with Gasteiger partial charge in [-0.15, -0.1) is 0 Å². The van der Waals surface area contributed by atoms with E-state index in [4.69, 9.17) is 4.74 Å². The smallest absolute Gasteiger partial charge is 0.262 e. The Hall–Kier alpha value is -2.42. The number of ether oxygens (including phenoxy) is 1. The van der Waals surface area contributed by atoms with Crippen LogP contribution in [-0.2, 0) is 19.4 Å². The van der Waals surface area contributed by atoms with E-state index >= 15 is 0 Å². The summed E-state index contributed by atoms with van der Waals surface area (Å²) in [5, 5.41) is 5.27. The van der Waals surface area contributed by atoms with Gasteiger partial charge in [0.25, 0.3) is 5.91 Å². The van der Waals surface area contributed by atoms with E-state index < -0.39 is 9.84 Å². The molecule has 2 N–H and O–H groups in total. The van der Waals surface area contributed by atoms with E-state index in [1.54, 1.807) is 12.1 Å². The first-order chi connectivity index (χ1) is 11.8. The van der Waals surface area contributed by atoms with Crippen molar-refractivity contribution in [2.75, 3.05) is 23.4 Å². The average Bonchev–Trinajstić information content (AvgIpc) is 2.90. The second-order valence-electron chi connectivity index (χ2n) is 6.14. The summed E-state index contributed by atoms with van der Waals surface area (Å²) in [5.74, 6) is -0.335. The maximum atomic E-state index is 12.2. The second-order valence-corrected chi connectivity index (χ2v) is 8.37. The van der Waals surface area contributed by atoms with Gasteiger partial charge >= 0.3 is 0 Å². The largest absolute Gasteiger partial charge is 0.482 e. The zero-order valence-electron chi connectivity index (χ0n) is 13.4. The molecule has 0 saturated carbocycles. The van der Waals surface area contributed by atoms with Crippen molar-refractivity contribution < 1.29 is 27.5 Å². The SMILES string of the molecule is O=C1COc2ccc(C(=O)CCC(=O)NC3CCS(=O)(=O)C3)cc2N1. The van der Waals surface area contributed by atoms with Crippen molar-refractivity contribution in [1.29, 1.82) is 0 Å². The van der Waals surface area contributed by atoms with Gasteiger partial charge in [-0.3, -0.25) is 14.4 Å². The molecule has 1 saturated heterocycles. The number of carbonyl (C=O) groups is 3. The maximum Gasteiger partial charge on any atom is 0.262 e. The Balaban J connectivity index is 1.53. The minimum absolute atomic E-state index is 0.00110. The zero-order valence-corrected chi connectivity index (χ0v) is 14.2. The van der Waals surface area contributed by atoms with Crippen molar-refractivity contribution in [3.05, 3.63) is 23.8 Å². The number of anilines is 1. The quantitative estimate of drug-likeness (QED) is 0.723. The van der Waals surface area contributed by atoms with Crippen LogP contribution in [-0.4, -0.2) is 50.2 Å². The van der Waals surface area contributed by atoms with Gasteiger partial charge in [-0.25, -0.2) is 8.42 Å². The van der Waals surface area contributed by atoms with Gasteiger partial charge in [0.1, 0.15) is 5.75 Å². The van der Waals surface area contributed by atoms with Crippen molar-refractivity contribution in [1.82, 2.24) is 5.32 Å². The van der Waals surface area contributed by atoms with Crippen LogP contribution < -0.4 is 15.4 Å². The lowest BCUT2D eigenvalue weighted by Crippen LogP contribution is -2.35. The van der Waals surface area contributed by atoms with Gasteiger partial charge in [-0.2, -0.15) is 0 Å². The molecule has 0 bridgehead atoms. The third-order valence-corrected chi connectivity index (χ3v) is 5.88. The number of fused-ring (bicyclic) bond motifs is 1. The molecule has 1 fully saturated rings. The predicted octanol–water partition coefficient (Wildman–Crippen LogP) is 0.284. The minimum Gasteiger partial charge on any atom is -0.482 e. The fourth-order valence-electron chi connectivity index (χ4n) is 2.84. The van der Waals surface area contributed by atoms with Crippen LogP contribution in [0.15, 0.2) is 18.2 Å². The Morgan fingerprint density at radius 1 is 1.28 bits per heavy atom. The number of ketones is 1. The lowest BCUT2D eigenvalue weighted by molar-refractivity contribution is -0.121. The van der Waals surface area contributed by atoms with Gasteiger partial charge in [0.05, 0.1) is 17.2 Å². The Labute approximate surface area is 144 Å². The highest BCUT2D eigenvalue weighted by Crippen LogP contribution is 2.28. The monoisotopic (exact) mass is 366 g/mol. The van der Waals surface area contributed by atoms with Gasteiger partial charge in [0, 0.05) is 24.4 Å². The van der Waals surface area contributed by atoms with Crippen LogP contribution in [0.3, 0.4) is 0 Å². The van der Waals surface area contributed by atoms with Gasteiger partial charge in [-0.1, -0.05) is 0 Å². The highest BCUT2D eigenvalue weighted by Gasteiger charge is 2.29. The molecule has 134 valence electrons. The third-order valence-electron chi connectivity index (χ3n) is 4.11. The predicted molar refractivity (Wildman–Crippen MR) is 89.3 cm³/mol. The van der Waals surface area contributed by atoms with E-state index in [2.05, 4.69) is 10.6 Å². The molecule has 2 aliphatic heterocycles. The molecule has 8 nitrogen and oxygen atoms in total. The maximum absolute atomic E-state index is 12.2. The minimum atomic E-state index is -3.06. The van der Waals surface area contributed by atoms with Crippen molar-refractivity contribution in [2.24, 2.45) is 0 Å². The Kier molecular flexibility index (Phi) is 4.76. The number of benzene rings is 1. The van der Waals surface area contributed by atoms with Crippen LogP contribution in [0.25, 0.3) is 0 Å². The van der Waals surface area contributed by atoms with Gasteiger partial charge in [-0.05, 0) is 24.6 Å². The number of hydrogen-bond donors (Lipinski definition) is 2. The molecule has 3 rings (SSSR count). The van der Waals surface area contributed by atoms with E-state index in [-0.39, 0.29) is 54.6 Å². The highest BCUT2D eigenvalue weighted by molar-refractivity contribution is 7.91. The molecule has 0 aliphatic carbocycles. The summed E-state index contributed by atoms with van der Waals surface area (Å²) in [7, 11) is -3.06. The van der Waals surface area contributed by atoms with Crippen LogP contribution >= 0.6 is 0 Å². The Bertz CT molecular complexity index is 833. The lowest BCUT2D eigenvalue weighted by Gasteiger charge is -2.18. The topological polar surface area (TPSA) is 119 Å². The van der Waals surface area contributed by atoms with Crippen molar-refractivity contribution in [3.8, 4) is 5.75 Å².